The molecule has 0 unspecified atom stereocenters. The van der Waals surface area contributed by atoms with Crippen LogP contribution in [0.15, 0.2) is 83.3 Å². The molecule has 0 aliphatic heterocycles. The Morgan fingerprint density at radius 2 is 1.35 bits per heavy atom. The molecule has 4 heteroatoms. The fourth-order valence-corrected chi connectivity index (χ4v) is 2.66. The van der Waals surface area contributed by atoms with Crippen molar-refractivity contribution in [3.63, 3.8) is 0 Å². The molecule has 0 aliphatic carbocycles. The minimum absolute atomic E-state index is 0.495. The number of nitrogens with zero attached hydrogens (tertiary/aromatic N) is 2. The van der Waals surface area contributed by atoms with E-state index in [1.54, 1.807) is 0 Å². The van der Waals surface area contributed by atoms with E-state index in [0.29, 0.717) is 18.4 Å². The molecule has 0 atom stereocenters. The molecule has 4 nitrogen and oxygen atoms in total. The molecule has 0 N–H and O–H groups in total. The Bertz CT molecular complexity index is 992. The van der Waals surface area contributed by atoms with Crippen LogP contribution in [0.25, 0.3) is 22.9 Å². The normalized spacial score (nSPS) is 10.7. The van der Waals surface area contributed by atoms with Crippen LogP contribution in [0.2, 0.25) is 0 Å². The molecule has 0 fully saturated rings. The van der Waals surface area contributed by atoms with E-state index in [1.807, 2.05) is 66.7 Å². The summed E-state index contributed by atoms with van der Waals surface area (Å²) in [4.78, 5) is 0. The topological polar surface area (TPSA) is 48.2 Å². The first-order valence-electron chi connectivity index (χ1n) is 8.46. The summed E-state index contributed by atoms with van der Waals surface area (Å²) in [5, 5.41) is 8.26. The van der Waals surface area contributed by atoms with Gasteiger partial charge in [-0.2, -0.15) is 0 Å². The summed E-state index contributed by atoms with van der Waals surface area (Å²) in [6, 6.07) is 25.6. The number of hydrogen-bond acceptors (Lipinski definition) is 4. The van der Waals surface area contributed by atoms with Gasteiger partial charge in [0.1, 0.15) is 12.4 Å². The zero-order chi connectivity index (χ0) is 17.8. The third kappa shape index (κ3) is 3.49. The average molecular weight is 342 g/mol. The maximum atomic E-state index is 5.87. The maximum absolute atomic E-state index is 5.87. The molecular formula is C22H18N2O2. The second-order valence-electron chi connectivity index (χ2n) is 6.02. The van der Waals surface area contributed by atoms with E-state index < -0.39 is 0 Å². The predicted molar refractivity (Wildman–Crippen MR) is 101 cm³/mol. The molecular weight excluding hydrogens is 324 g/mol. The maximum Gasteiger partial charge on any atom is 0.248 e. The molecule has 0 amide bonds. The lowest BCUT2D eigenvalue weighted by molar-refractivity contribution is 0.305. The van der Waals surface area contributed by atoms with Crippen LogP contribution in [-0.2, 0) is 6.61 Å². The number of aryl methyl sites for hydroxylation is 1. The van der Waals surface area contributed by atoms with E-state index in [9.17, 15) is 0 Å². The van der Waals surface area contributed by atoms with Crippen LogP contribution in [0.4, 0.5) is 0 Å². The minimum Gasteiger partial charge on any atom is -0.489 e. The van der Waals surface area contributed by atoms with Crippen molar-refractivity contribution in [2.24, 2.45) is 0 Å². The Balaban J connectivity index is 1.46. The highest BCUT2D eigenvalue weighted by atomic mass is 16.5. The third-order valence-corrected chi connectivity index (χ3v) is 4.20. The van der Waals surface area contributed by atoms with Gasteiger partial charge >= 0.3 is 0 Å². The van der Waals surface area contributed by atoms with Crippen molar-refractivity contribution in [3.8, 4) is 28.7 Å². The van der Waals surface area contributed by atoms with Crippen LogP contribution in [0.5, 0.6) is 5.75 Å². The minimum atomic E-state index is 0.495. The molecule has 0 spiro atoms. The van der Waals surface area contributed by atoms with Crippen molar-refractivity contribution in [2.45, 2.75) is 13.5 Å². The monoisotopic (exact) mass is 342 g/mol. The molecule has 26 heavy (non-hydrogen) atoms. The molecule has 0 saturated heterocycles. The second kappa shape index (κ2) is 7.23. The van der Waals surface area contributed by atoms with Crippen LogP contribution < -0.4 is 4.74 Å². The van der Waals surface area contributed by atoms with Gasteiger partial charge in [0.25, 0.3) is 0 Å². The van der Waals surface area contributed by atoms with Crippen molar-refractivity contribution in [1.82, 2.24) is 10.2 Å². The first-order chi connectivity index (χ1) is 12.8. The van der Waals surface area contributed by atoms with Gasteiger partial charge in [-0.3, -0.25) is 0 Å². The number of ether oxygens (including phenoxy) is 1. The summed E-state index contributed by atoms with van der Waals surface area (Å²) >= 11 is 0. The van der Waals surface area contributed by atoms with Gasteiger partial charge in [0.15, 0.2) is 0 Å². The van der Waals surface area contributed by atoms with E-state index in [4.69, 9.17) is 9.15 Å². The number of rotatable bonds is 5. The van der Waals surface area contributed by atoms with Crippen LogP contribution in [0.1, 0.15) is 11.1 Å². The molecule has 0 bridgehead atoms. The lowest BCUT2D eigenvalue weighted by Gasteiger charge is -2.08. The van der Waals surface area contributed by atoms with Gasteiger partial charge in [0, 0.05) is 11.1 Å². The summed E-state index contributed by atoms with van der Waals surface area (Å²) in [5.74, 6) is 1.81. The van der Waals surface area contributed by atoms with E-state index >= 15 is 0 Å². The van der Waals surface area contributed by atoms with E-state index in [-0.39, 0.29) is 0 Å². The lowest BCUT2D eigenvalue weighted by Crippen LogP contribution is -1.97. The van der Waals surface area contributed by atoms with Gasteiger partial charge in [0.05, 0.1) is 0 Å². The Kier molecular flexibility index (Phi) is 4.48. The molecule has 1 heterocycles. The van der Waals surface area contributed by atoms with Gasteiger partial charge in [-0.05, 0) is 54.4 Å². The Hall–Kier alpha value is -3.40. The van der Waals surface area contributed by atoms with Crippen molar-refractivity contribution in [3.05, 3.63) is 90.0 Å². The van der Waals surface area contributed by atoms with Crippen molar-refractivity contribution in [1.29, 1.82) is 0 Å². The van der Waals surface area contributed by atoms with Gasteiger partial charge in [-0.15, -0.1) is 10.2 Å². The van der Waals surface area contributed by atoms with E-state index in [1.165, 1.54) is 11.1 Å². The molecule has 1 aromatic heterocycles. The molecule has 128 valence electrons. The summed E-state index contributed by atoms with van der Waals surface area (Å²) in [6.45, 7) is 2.63. The van der Waals surface area contributed by atoms with Crippen molar-refractivity contribution in [2.75, 3.05) is 0 Å². The van der Waals surface area contributed by atoms with Crippen LogP contribution in [-0.4, -0.2) is 10.2 Å². The molecule has 4 rings (SSSR count). The van der Waals surface area contributed by atoms with E-state index in [0.717, 1.165) is 16.9 Å². The summed E-state index contributed by atoms with van der Waals surface area (Å²) < 4.78 is 11.6. The molecule has 0 radical (unpaired) electrons. The highest BCUT2D eigenvalue weighted by Gasteiger charge is 2.10. The molecule has 0 aliphatic rings. The first kappa shape index (κ1) is 16.1. The standard InChI is InChI=1S/C22H18N2O2/c1-16-7-5-6-10-19(16)15-25-20-13-11-18(12-14-20)22-24-23-21(26-22)17-8-3-2-4-9-17/h2-14H,15H2,1H3. The first-order valence-corrected chi connectivity index (χ1v) is 8.46. The number of benzene rings is 3. The number of hydrogen-bond donors (Lipinski definition) is 0. The molecule has 0 saturated carbocycles. The summed E-state index contributed by atoms with van der Waals surface area (Å²) in [5.41, 5.74) is 4.18. The van der Waals surface area contributed by atoms with Gasteiger partial charge < -0.3 is 9.15 Å². The highest BCUT2D eigenvalue weighted by Crippen LogP contribution is 2.25. The summed E-state index contributed by atoms with van der Waals surface area (Å²) in [7, 11) is 0. The fourth-order valence-electron chi connectivity index (χ4n) is 2.66. The molecule has 3 aromatic carbocycles. The van der Waals surface area contributed by atoms with Crippen LogP contribution in [0.3, 0.4) is 0 Å². The Morgan fingerprint density at radius 1 is 0.731 bits per heavy atom. The van der Waals surface area contributed by atoms with Gasteiger partial charge in [-0.25, -0.2) is 0 Å². The second-order valence-corrected chi connectivity index (χ2v) is 6.02. The van der Waals surface area contributed by atoms with Crippen molar-refractivity contribution < 1.29 is 9.15 Å². The third-order valence-electron chi connectivity index (χ3n) is 4.20. The van der Waals surface area contributed by atoms with Crippen molar-refractivity contribution >= 4 is 0 Å². The number of aromatic nitrogens is 2. The average Bonchev–Trinajstić information content (AvgIpc) is 3.19. The van der Waals surface area contributed by atoms with E-state index in [2.05, 4.69) is 29.3 Å². The Morgan fingerprint density at radius 3 is 2.04 bits per heavy atom. The zero-order valence-electron chi connectivity index (χ0n) is 14.4. The smallest absolute Gasteiger partial charge is 0.248 e. The summed E-state index contributed by atoms with van der Waals surface area (Å²) in [6.07, 6.45) is 0. The lowest BCUT2D eigenvalue weighted by atomic mass is 10.1. The highest BCUT2D eigenvalue weighted by molar-refractivity contribution is 5.58. The van der Waals surface area contributed by atoms with Gasteiger partial charge in [0.2, 0.25) is 11.8 Å². The van der Waals surface area contributed by atoms with Crippen LogP contribution >= 0.6 is 0 Å². The van der Waals surface area contributed by atoms with Crippen LogP contribution in [0, 0.1) is 6.92 Å². The Labute approximate surface area is 152 Å². The van der Waals surface area contributed by atoms with Gasteiger partial charge in [-0.1, -0.05) is 42.5 Å². The predicted octanol–water partition coefficient (Wildman–Crippen LogP) is 5.29. The quantitative estimate of drug-likeness (QED) is 0.494. The fraction of sp³-hybridized carbons (Fsp3) is 0.0909. The zero-order valence-corrected chi connectivity index (χ0v) is 14.4. The largest absolute Gasteiger partial charge is 0.489 e. The molecule has 4 aromatic rings. The SMILES string of the molecule is Cc1ccccc1COc1ccc(-c2nnc(-c3ccccc3)o2)cc1.